The van der Waals surface area contributed by atoms with Gasteiger partial charge in [-0.25, -0.2) is 9.18 Å². The fourth-order valence-electron chi connectivity index (χ4n) is 2.03. The zero-order chi connectivity index (χ0) is 16.1. The van der Waals surface area contributed by atoms with Gasteiger partial charge in [0.25, 0.3) is 5.91 Å². The summed E-state index contributed by atoms with van der Waals surface area (Å²) < 4.78 is 18.1. The molecule has 1 N–H and O–H groups in total. The van der Waals surface area contributed by atoms with Crippen molar-refractivity contribution in [1.29, 1.82) is 0 Å². The standard InChI is InChI=1S/C17H16FNO3/c1-3-22-17(21)14-8-5-9-15(11(14)2)19-16(20)12-6-4-7-13(18)10-12/h4-10H,3H2,1-2H3,(H,19,20). The Morgan fingerprint density at radius 2 is 1.91 bits per heavy atom. The number of anilines is 1. The number of amides is 1. The molecule has 1 amide bonds. The summed E-state index contributed by atoms with van der Waals surface area (Å²) >= 11 is 0. The molecule has 0 radical (unpaired) electrons. The Morgan fingerprint density at radius 1 is 1.18 bits per heavy atom. The fourth-order valence-corrected chi connectivity index (χ4v) is 2.03. The summed E-state index contributed by atoms with van der Waals surface area (Å²) in [5, 5.41) is 2.68. The number of benzene rings is 2. The van der Waals surface area contributed by atoms with Crippen LogP contribution >= 0.6 is 0 Å². The molecule has 0 unspecified atom stereocenters. The molecule has 0 aliphatic heterocycles. The lowest BCUT2D eigenvalue weighted by molar-refractivity contribution is 0.0525. The summed E-state index contributed by atoms with van der Waals surface area (Å²) in [7, 11) is 0. The topological polar surface area (TPSA) is 55.4 Å². The normalized spacial score (nSPS) is 10.1. The third-order valence-electron chi connectivity index (χ3n) is 3.16. The molecule has 0 bridgehead atoms. The van der Waals surface area contributed by atoms with Gasteiger partial charge in [-0.05, 0) is 49.7 Å². The Balaban J connectivity index is 2.25. The van der Waals surface area contributed by atoms with Crippen molar-refractivity contribution in [1.82, 2.24) is 0 Å². The second-order valence-electron chi connectivity index (χ2n) is 4.66. The van der Waals surface area contributed by atoms with E-state index in [0.717, 1.165) is 6.07 Å². The molecule has 0 aliphatic carbocycles. The average Bonchev–Trinajstić information content (AvgIpc) is 2.49. The zero-order valence-electron chi connectivity index (χ0n) is 12.4. The first-order valence-corrected chi connectivity index (χ1v) is 6.86. The SMILES string of the molecule is CCOC(=O)c1cccc(NC(=O)c2cccc(F)c2)c1C. The molecule has 0 saturated heterocycles. The highest BCUT2D eigenvalue weighted by atomic mass is 19.1. The Kier molecular flexibility index (Phi) is 4.88. The van der Waals surface area contributed by atoms with E-state index in [1.54, 1.807) is 32.0 Å². The number of carbonyl (C=O) groups is 2. The average molecular weight is 301 g/mol. The highest BCUT2D eigenvalue weighted by molar-refractivity contribution is 6.05. The van der Waals surface area contributed by atoms with Crippen LogP contribution in [0.15, 0.2) is 42.5 Å². The molecule has 0 aromatic heterocycles. The first-order chi connectivity index (χ1) is 10.5. The van der Waals surface area contributed by atoms with E-state index in [9.17, 15) is 14.0 Å². The second kappa shape index (κ2) is 6.85. The number of rotatable bonds is 4. The van der Waals surface area contributed by atoms with Crippen LogP contribution in [-0.2, 0) is 4.74 Å². The summed E-state index contributed by atoms with van der Waals surface area (Å²) in [6.45, 7) is 3.72. The molecule has 2 rings (SSSR count). The van der Waals surface area contributed by atoms with Gasteiger partial charge in [-0.1, -0.05) is 12.1 Å². The largest absolute Gasteiger partial charge is 0.462 e. The molecule has 0 saturated carbocycles. The van der Waals surface area contributed by atoms with Gasteiger partial charge < -0.3 is 10.1 Å². The minimum atomic E-state index is -0.482. The summed E-state index contributed by atoms with van der Waals surface area (Å²) in [4.78, 5) is 24.0. The van der Waals surface area contributed by atoms with Gasteiger partial charge in [-0.3, -0.25) is 4.79 Å². The van der Waals surface area contributed by atoms with E-state index in [1.807, 2.05) is 0 Å². The number of nitrogens with one attached hydrogen (secondary N) is 1. The molecular formula is C17H16FNO3. The van der Waals surface area contributed by atoms with Crippen LogP contribution in [0.25, 0.3) is 0 Å². The van der Waals surface area contributed by atoms with Crippen LogP contribution in [0.3, 0.4) is 0 Å². The number of esters is 1. The van der Waals surface area contributed by atoms with E-state index in [4.69, 9.17) is 4.74 Å². The lowest BCUT2D eigenvalue weighted by Crippen LogP contribution is -2.15. The fraction of sp³-hybridized carbons (Fsp3) is 0.176. The maximum Gasteiger partial charge on any atom is 0.338 e. The first-order valence-electron chi connectivity index (χ1n) is 6.86. The Labute approximate surface area is 127 Å². The van der Waals surface area contributed by atoms with Crippen molar-refractivity contribution in [2.24, 2.45) is 0 Å². The van der Waals surface area contributed by atoms with Crippen LogP contribution in [0.5, 0.6) is 0 Å². The summed E-state index contributed by atoms with van der Waals surface area (Å²) in [6.07, 6.45) is 0. The molecule has 5 heteroatoms. The molecule has 0 aliphatic rings. The molecule has 0 spiro atoms. The van der Waals surface area contributed by atoms with E-state index in [1.165, 1.54) is 18.2 Å². The Hall–Kier alpha value is -2.69. The molecule has 4 nitrogen and oxygen atoms in total. The lowest BCUT2D eigenvalue weighted by Gasteiger charge is -2.12. The van der Waals surface area contributed by atoms with Crippen LogP contribution in [0, 0.1) is 12.7 Å². The lowest BCUT2D eigenvalue weighted by atomic mass is 10.1. The van der Waals surface area contributed by atoms with Crippen molar-refractivity contribution in [2.45, 2.75) is 13.8 Å². The highest BCUT2D eigenvalue weighted by Crippen LogP contribution is 2.20. The van der Waals surface area contributed by atoms with Crippen LogP contribution in [0.2, 0.25) is 0 Å². The van der Waals surface area contributed by atoms with Gasteiger partial charge in [0, 0.05) is 11.3 Å². The molecule has 0 fully saturated rings. The van der Waals surface area contributed by atoms with Crippen molar-refractivity contribution >= 4 is 17.6 Å². The zero-order valence-corrected chi connectivity index (χ0v) is 12.4. The van der Waals surface area contributed by atoms with E-state index in [2.05, 4.69) is 5.32 Å². The van der Waals surface area contributed by atoms with E-state index >= 15 is 0 Å². The van der Waals surface area contributed by atoms with Crippen LogP contribution in [-0.4, -0.2) is 18.5 Å². The number of ether oxygens (including phenoxy) is 1. The second-order valence-corrected chi connectivity index (χ2v) is 4.66. The van der Waals surface area contributed by atoms with Gasteiger partial charge in [-0.15, -0.1) is 0 Å². The third-order valence-corrected chi connectivity index (χ3v) is 3.16. The van der Waals surface area contributed by atoms with Crippen LogP contribution in [0.1, 0.15) is 33.2 Å². The van der Waals surface area contributed by atoms with Crippen LogP contribution in [0.4, 0.5) is 10.1 Å². The molecule has 0 heterocycles. The molecule has 114 valence electrons. The monoisotopic (exact) mass is 301 g/mol. The van der Waals surface area contributed by atoms with Gasteiger partial charge in [0.1, 0.15) is 5.82 Å². The molecule has 22 heavy (non-hydrogen) atoms. The summed E-state index contributed by atoms with van der Waals surface area (Å²) in [5.41, 5.74) is 1.69. The molecule has 0 atom stereocenters. The number of halogens is 1. The van der Waals surface area contributed by atoms with E-state index < -0.39 is 17.7 Å². The molecular weight excluding hydrogens is 285 g/mol. The van der Waals surface area contributed by atoms with Gasteiger partial charge in [0.2, 0.25) is 0 Å². The summed E-state index contributed by atoms with van der Waals surface area (Å²) in [6, 6.07) is 10.4. The van der Waals surface area contributed by atoms with Crippen molar-refractivity contribution in [3.8, 4) is 0 Å². The van der Waals surface area contributed by atoms with Crippen molar-refractivity contribution in [3.05, 3.63) is 65.0 Å². The van der Waals surface area contributed by atoms with Gasteiger partial charge in [0.05, 0.1) is 12.2 Å². The minimum Gasteiger partial charge on any atom is -0.462 e. The quantitative estimate of drug-likeness (QED) is 0.878. The van der Waals surface area contributed by atoms with E-state index in [-0.39, 0.29) is 12.2 Å². The Morgan fingerprint density at radius 3 is 2.59 bits per heavy atom. The maximum absolute atomic E-state index is 13.2. The minimum absolute atomic E-state index is 0.209. The molecule has 2 aromatic rings. The number of hydrogen-bond donors (Lipinski definition) is 1. The predicted octanol–water partition coefficient (Wildman–Crippen LogP) is 3.56. The maximum atomic E-state index is 13.2. The molecule has 2 aromatic carbocycles. The van der Waals surface area contributed by atoms with Crippen LogP contribution < -0.4 is 5.32 Å². The Bertz CT molecular complexity index is 713. The number of carbonyl (C=O) groups excluding carboxylic acids is 2. The summed E-state index contributed by atoms with van der Waals surface area (Å²) in [5.74, 6) is -1.37. The van der Waals surface area contributed by atoms with Gasteiger partial charge >= 0.3 is 5.97 Å². The van der Waals surface area contributed by atoms with Gasteiger partial charge in [0.15, 0.2) is 0 Å². The first kappa shape index (κ1) is 15.7. The smallest absolute Gasteiger partial charge is 0.338 e. The highest BCUT2D eigenvalue weighted by Gasteiger charge is 2.14. The van der Waals surface area contributed by atoms with Gasteiger partial charge in [-0.2, -0.15) is 0 Å². The van der Waals surface area contributed by atoms with Crippen molar-refractivity contribution < 1.29 is 18.7 Å². The van der Waals surface area contributed by atoms with E-state index in [0.29, 0.717) is 16.8 Å². The predicted molar refractivity (Wildman–Crippen MR) is 81.5 cm³/mol. The van der Waals surface area contributed by atoms with Crippen molar-refractivity contribution in [3.63, 3.8) is 0 Å². The van der Waals surface area contributed by atoms with Crippen molar-refractivity contribution in [2.75, 3.05) is 11.9 Å². The number of hydrogen-bond acceptors (Lipinski definition) is 3. The third kappa shape index (κ3) is 3.49.